The van der Waals surface area contributed by atoms with Crippen molar-refractivity contribution in [1.82, 2.24) is 0 Å². The fourth-order valence-electron chi connectivity index (χ4n) is 1.61. The Kier molecular flexibility index (Phi) is 3.90. The van der Waals surface area contributed by atoms with E-state index in [0.29, 0.717) is 5.25 Å². The molecule has 1 aliphatic rings. The third-order valence-electron chi connectivity index (χ3n) is 2.53. The molecule has 0 unspecified atom stereocenters. The minimum Gasteiger partial charge on any atom is -0.478 e. The average molecular weight is 242 g/mol. The third kappa shape index (κ3) is 3.02. The Morgan fingerprint density at radius 1 is 1.50 bits per heavy atom. The summed E-state index contributed by atoms with van der Waals surface area (Å²) < 4.78 is 10.5. The quantitative estimate of drug-likeness (QED) is 0.878. The number of aromatic carboxylic acids is 1. The van der Waals surface area contributed by atoms with Gasteiger partial charge in [0, 0.05) is 18.5 Å². The molecule has 0 radical (unpaired) electrons. The molecule has 0 bridgehead atoms. The molecule has 0 atom stereocenters. The number of thioether (sulfide) groups is 1. The van der Waals surface area contributed by atoms with Gasteiger partial charge in [-0.3, -0.25) is 0 Å². The first-order valence-corrected chi connectivity index (χ1v) is 6.30. The van der Waals surface area contributed by atoms with Crippen LogP contribution in [-0.4, -0.2) is 29.5 Å². The van der Waals surface area contributed by atoms with Gasteiger partial charge in [-0.1, -0.05) is 0 Å². The van der Waals surface area contributed by atoms with Crippen molar-refractivity contribution in [3.63, 3.8) is 0 Å². The summed E-state index contributed by atoms with van der Waals surface area (Å²) in [4.78, 5) is 10.6. The Balaban J connectivity index is 1.81. The van der Waals surface area contributed by atoms with Crippen LogP contribution >= 0.6 is 11.8 Å². The standard InChI is InChI=1S/C11H14O4S/c12-11(13)8-5-9(15-6-8)7-16-10-1-3-14-4-2-10/h5-6,10H,1-4,7H2,(H,12,13). The smallest absolute Gasteiger partial charge is 0.338 e. The van der Waals surface area contributed by atoms with Crippen LogP contribution in [0.3, 0.4) is 0 Å². The Labute approximate surface area is 98.0 Å². The number of carboxylic acid groups (broad SMARTS) is 1. The van der Waals surface area contributed by atoms with Crippen molar-refractivity contribution in [2.75, 3.05) is 13.2 Å². The minimum atomic E-state index is -0.939. The molecule has 1 aromatic heterocycles. The summed E-state index contributed by atoms with van der Waals surface area (Å²) in [5.41, 5.74) is 0.225. The van der Waals surface area contributed by atoms with Crippen LogP contribution in [0.15, 0.2) is 16.7 Å². The molecule has 88 valence electrons. The number of ether oxygens (including phenoxy) is 1. The van der Waals surface area contributed by atoms with E-state index in [0.717, 1.165) is 37.6 Å². The first-order chi connectivity index (χ1) is 7.75. The van der Waals surface area contributed by atoms with Crippen molar-refractivity contribution in [2.24, 2.45) is 0 Å². The summed E-state index contributed by atoms with van der Waals surface area (Å²) in [7, 11) is 0. The molecule has 2 heterocycles. The molecule has 1 aliphatic heterocycles. The molecule has 4 nitrogen and oxygen atoms in total. The van der Waals surface area contributed by atoms with E-state index in [-0.39, 0.29) is 5.56 Å². The van der Waals surface area contributed by atoms with Gasteiger partial charge < -0.3 is 14.3 Å². The summed E-state index contributed by atoms with van der Waals surface area (Å²) in [5, 5.41) is 9.34. The van der Waals surface area contributed by atoms with Crippen molar-refractivity contribution in [2.45, 2.75) is 23.8 Å². The van der Waals surface area contributed by atoms with Gasteiger partial charge in [0.1, 0.15) is 12.0 Å². The molecule has 0 spiro atoms. The lowest BCUT2D eigenvalue weighted by molar-refractivity contribution is 0.0696. The first kappa shape index (κ1) is 11.5. The molecular weight excluding hydrogens is 228 g/mol. The monoisotopic (exact) mass is 242 g/mol. The van der Waals surface area contributed by atoms with Gasteiger partial charge in [-0.15, -0.1) is 0 Å². The van der Waals surface area contributed by atoms with Crippen LogP contribution in [0, 0.1) is 0 Å². The zero-order chi connectivity index (χ0) is 11.4. The highest BCUT2D eigenvalue weighted by atomic mass is 32.2. The highest BCUT2D eigenvalue weighted by Gasteiger charge is 2.15. The summed E-state index contributed by atoms with van der Waals surface area (Å²) in [5.74, 6) is 0.526. The first-order valence-electron chi connectivity index (χ1n) is 5.26. The van der Waals surface area contributed by atoms with Crippen molar-refractivity contribution in [1.29, 1.82) is 0 Å². The van der Waals surface area contributed by atoms with Gasteiger partial charge in [0.2, 0.25) is 0 Å². The number of carbonyl (C=O) groups is 1. The van der Waals surface area contributed by atoms with Crippen LogP contribution in [0.2, 0.25) is 0 Å². The van der Waals surface area contributed by atoms with E-state index in [4.69, 9.17) is 14.3 Å². The van der Waals surface area contributed by atoms with Gasteiger partial charge in [-0.2, -0.15) is 11.8 Å². The molecule has 5 heteroatoms. The predicted molar refractivity (Wildman–Crippen MR) is 60.8 cm³/mol. The summed E-state index contributed by atoms with van der Waals surface area (Å²) in [6, 6.07) is 1.59. The van der Waals surface area contributed by atoms with Gasteiger partial charge in [0.15, 0.2) is 0 Å². The Morgan fingerprint density at radius 2 is 2.25 bits per heavy atom. The second-order valence-electron chi connectivity index (χ2n) is 3.73. The van der Waals surface area contributed by atoms with Crippen LogP contribution in [-0.2, 0) is 10.5 Å². The zero-order valence-corrected chi connectivity index (χ0v) is 9.66. The van der Waals surface area contributed by atoms with Gasteiger partial charge in [-0.05, 0) is 18.9 Å². The zero-order valence-electron chi connectivity index (χ0n) is 8.85. The van der Waals surface area contributed by atoms with Gasteiger partial charge >= 0.3 is 5.97 Å². The maximum atomic E-state index is 10.6. The topological polar surface area (TPSA) is 59.7 Å². The highest BCUT2D eigenvalue weighted by molar-refractivity contribution is 7.99. The fraction of sp³-hybridized carbons (Fsp3) is 0.545. The van der Waals surface area contributed by atoms with Crippen LogP contribution in [0.1, 0.15) is 29.0 Å². The fourth-order valence-corrected chi connectivity index (χ4v) is 2.69. The molecule has 2 rings (SSSR count). The molecule has 16 heavy (non-hydrogen) atoms. The Morgan fingerprint density at radius 3 is 2.88 bits per heavy atom. The summed E-state index contributed by atoms with van der Waals surface area (Å²) in [6.07, 6.45) is 3.43. The van der Waals surface area contributed by atoms with Crippen LogP contribution < -0.4 is 0 Å². The maximum absolute atomic E-state index is 10.6. The summed E-state index contributed by atoms with van der Waals surface area (Å²) in [6.45, 7) is 1.66. The average Bonchev–Trinajstić information content (AvgIpc) is 2.76. The molecule has 1 N–H and O–H groups in total. The normalized spacial score (nSPS) is 17.5. The molecule has 0 aliphatic carbocycles. The van der Waals surface area contributed by atoms with E-state index in [1.165, 1.54) is 6.26 Å². The van der Waals surface area contributed by atoms with Gasteiger partial charge in [0.25, 0.3) is 0 Å². The SMILES string of the molecule is O=C(O)c1coc(CSC2CCOCC2)c1. The molecule has 0 saturated carbocycles. The van der Waals surface area contributed by atoms with Crippen molar-refractivity contribution in [3.05, 3.63) is 23.7 Å². The lowest BCUT2D eigenvalue weighted by atomic mass is 10.2. The van der Waals surface area contributed by atoms with Crippen molar-refractivity contribution < 1.29 is 19.1 Å². The molecule has 1 fully saturated rings. The number of furan rings is 1. The summed E-state index contributed by atoms with van der Waals surface area (Å²) >= 11 is 1.81. The number of carboxylic acids is 1. The lowest BCUT2D eigenvalue weighted by Crippen LogP contribution is -2.17. The lowest BCUT2D eigenvalue weighted by Gasteiger charge is -2.20. The molecule has 0 amide bonds. The predicted octanol–water partition coefficient (Wildman–Crippen LogP) is 2.39. The van der Waals surface area contributed by atoms with Gasteiger partial charge in [0.05, 0.1) is 11.3 Å². The highest BCUT2D eigenvalue weighted by Crippen LogP contribution is 2.26. The molecule has 1 saturated heterocycles. The second kappa shape index (κ2) is 5.41. The van der Waals surface area contributed by atoms with Crippen LogP contribution in [0.5, 0.6) is 0 Å². The third-order valence-corrected chi connectivity index (χ3v) is 3.92. The number of rotatable bonds is 4. The Bertz CT molecular complexity index is 355. The molecule has 0 aromatic carbocycles. The Hall–Kier alpha value is -0.940. The molecular formula is C11H14O4S. The van der Waals surface area contributed by atoms with Crippen molar-refractivity contribution >= 4 is 17.7 Å². The number of hydrogen-bond donors (Lipinski definition) is 1. The van der Waals surface area contributed by atoms with E-state index >= 15 is 0 Å². The maximum Gasteiger partial charge on any atom is 0.338 e. The van der Waals surface area contributed by atoms with E-state index < -0.39 is 5.97 Å². The van der Waals surface area contributed by atoms with Crippen LogP contribution in [0.25, 0.3) is 0 Å². The van der Waals surface area contributed by atoms with Crippen LogP contribution in [0.4, 0.5) is 0 Å². The molecule has 1 aromatic rings. The van der Waals surface area contributed by atoms with E-state index in [2.05, 4.69) is 0 Å². The number of hydrogen-bond acceptors (Lipinski definition) is 4. The van der Waals surface area contributed by atoms with E-state index in [9.17, 15) is 4.79 Å². The van der Waals surface area contributed by atoms with Gasteiger partial charge in [-0.25, -0.2) is 4.79 Å². The largest absolute Gasteiger partial charge is 0.478 e. The minimum absolute atomic E-state index is 0.225. The van der Waals surface area contributed by atoms with E-state index in [1.807, 2.05) is 11.8 Å². The van der Waals surface area contributed by atoms with Crippen molar-refractivity contribution in [3.8, 4) is 0 Å². The van der Waals surface area contributed by atoms with E-state index in [1.54, 1.807) is 6.07 Å². The second-order valence-corrected chi connectivity index (χ2v) is 5.02.